The zero-order valence-corrected chi connectivity index (χ0v) is 16.6. The van der Waals surface area contributed by atoms with Gasteiger partial charge in [0.1, 0.15) is 18.1 Å². The quantitative estimate of drug-likeness (QED) is 0.663. The van der Waals surface area contributed by atoms with E-state index < -0.39 is 12.0 Å². The van der Waals surface area contributed by atoms with Crippen LogP contribution in [0.3, 0.4) is 0 Å². The molecular weight excluding hydrogens is 390 g/mol. The van der Waals surface area contributed by atoms with Gasteiger partial charge in [-0.25, -0.2) is 14.8 Å². The van der Waals surface area contributed by atoms with Crippen LogP contribution >= 0.6 is 11.6 Å². The van der Waals surface area contributed by atoms with Crippen LogP contribution in [0.1, 0.15) is 24.4 Å². The number of hydrogen-bond donors (Lipinski definition) is 1. The number of anilines is 1. The van der Waals surface area contributed by atoms with Crippen LogP contribution in [0, 0.1) is 0 Å². The molecule has 2 heterocycles. The molecule has 0 aliphatic carbocycles. The van der Waals surface area contributed by atoms with E-state index in [4.69, 9.17) is 16.3 Å². The fourth-order valence-corrected chi connectivity index (χ4v) is 4.24. The standard InChI is InChI=1S/C22H20ClN3O3/c1-29-21-10-15(6-7-16(21)14-11-24-13-25-12-14)26-19(8-9-20(26)22(27)28)17-4-2-3-5-18(17)23/h2-7,10-13,19-20H,8-9H2,1H3,(H,27,28)/t19-,20+/m1/s1. The van der Waals surface area contributed by atoms with Gasteiger partial charge in [-0.15, -0.1) is 0 Å². The molecule has 0 bridgehead atoms. The average Bonchev–Trinajstić information content (AvgIpc) is 3.19. The van der Waals surface area contributed by atoms with Crippen LogP contribution in [0.25, 0.3) is 11.1 Å². The van der Waals surface area contributed by atoms with Crippen molar-refractivity contribution < 1.29 is 14.6 Å². The summed E-state index contributed by atoms with van der Waals surface area (Å²) in [6.07, 6.45) is 6.15. The maximum absolute atomic E-state index is 12.0. The molecule has 2 atom stereocenters. The molecule has 0 spiro atoms. The Balaban J connectivity index is 1.79. The second-order valence-corrected chi connectivity index (χ2v) is 7.29. The minimum atomic E-state index is -0.848. The Kier molecular flexibility index (Phi) is 5.36. The number of carbonyl (C=O) groups is 1. The minimum absolute atomic E-state index is 0.125. The first kappa shape index (κ1) is 19.2. The van der Waals surface area contributed by atoms with Crippen molar-refractivity contribution >= 4 is 23.3 Å². The highest BCUT2D eigenvalue weighted by Gasteiger charge is 2.39. The Morgan fingerprint density at radius 2 is 1.93 bits per heavy atom. The molecule has 1 aliphatic heterocycles. The molecule has 7 heteroatoms. The number of ether oxygens (including phenoxy) is 1. The van der Waals surface area contributed by atoms with Crippen molar-refractivity contribution in [2.24, 2.45) is 0 Å². The number of halogens is 1. The highest BCUT2D eigenvalue weighted by molar-refractivity contribution is 6.31. The first-order chi connectivity index (χ1) is 14.1. The van der Waals surface area contributed by atoms with Gasteiger partial charge in [-0.3, -0.25) is 0 Å². The molecular formula is C22H20ClN3O3. The van der Waals surface area contributed by atoms with Crippen molar-refractivity contribution in [2.75, 3.05) is 12.0 Å². The third kappa shape index (κ3) is 3.63. The van der Waals surface area contributed by atoms with Crippen LogP contribution in [0.15, 0.2) is 61.2 Å². The SMILES string of the molecule is COc1cc(N2[C@@H](c3ccccc3Cl)CC[C@H]2C(=O)O)ccc1-c1cncnc1. The summed E-state index contributed by atoms with van der Waals surface area (Å²) in [7, 11) is 1.59. The van der Waals surface area contributed by atoms with E-state index in [1.165, 1.54) is 6.33 Å². The number of rotatable bonds is 5. The fraction of sp³-hybridized carbons (Fsp3) is 0.227. The van der Waals surface area contributed by atoms with E-state index in [1.54, 1.807) is 19.5 Å². The van der Waals surface area contributed by atoms with E-state index in [0.29, 0.717) is 23.6 Å². The van der Waals surface area contributed by atoms with E-state index in [2.05, 4.69) is 9.97 Å². The van der Waals surface area contributed by atoms with Gasteiger partial charge in [0.25, 0.3) is 0 Å². The van der Waals surface area contributed by atoms with Gasteiger partial charge in [0.15, 0.2) is 0 Å². The molecule has 1 aromatic heterocycles. The highest BCUT2D eigenvalue weighted by Crippen LogP contribution is 2.44. The molecule has 148 valence electrons. The van der Waals surface area contributed by atoms with Crippen molar-refractivity contribution in [1.82, 2.24) is 9.97 Å². The smallest absolute Gasteiger partial charge is 0.326 e. The Bertz CT molecular complexity index is 1030. The topological polar surface area (TPSA) is 75.5 Å². The summed E-state index contributed by atoms with van der Waals surface area (Å²) >= 11 is 6.44. The molecule has 29 heavy (non-hydrogen) atoms. The third-order valence-electron chi connectivity index (χ3n) is 5.29. The van der Waals surface area contributed by atoms with E-state index in [9.17, 15) is 9.90 Å². The maximum atomic E-state index is 12.0. The van der Waals surface area contributed by atoms with Crippen molar-refractivity contribution in [1.29, 1.82) is 0 Å². The number of aliphatic carboxylic acids is 1. The van der Waals surface area contributed by atoms with E-state index in [0.717, 1.165) is 22.4 Å². The van der Waals surface area contributed by atoms with Gasteiger partial charge in [-0.05, 0) is 36.6 Å². The largest absolute Gasteiger partial charge is 0.496 e. The van der Waals surface area contributed by atoms with Gasteiger partial charge < -0.3 is 14.7 Å². The van der Waals surface area contributed by atoms with Gasteiger partial charge >= 0.3 is 5.97 Å². The third-order valence-corrected chi connectivity index (χ3v) is 5.63. The van der Waals surface area contributed by atoms with E-state index in [1.807, 2.05) is 47.4 Å². The van der Waals surface area contributed by atoms with Gasteiger partial charge in [-0.2, -0.15) is 0 Å². The van der Waals surface area contributed by atoms with Crippen molar-refractivity contribution in [3.63, 3.8) is 0 Å². The van der Waals surface area contributed by atoms with E-state index >= 15 is 0 Å². The molecule has 4 rings (SSSR count). The molecule has 0 radical (unpaired) electrons. The number of carboxylic acids is 1. The first-order valence-corrected chi connectivity index (χ1v) is 9.67. The summed E-state index contributed by atoms with van der Waals surface area (Å²) in [5.74, 6) is -0.217. The molecule has 6 nitrogen and oxygen atoms in total. The van der Waals surface area contributed by atoms with Crippen LogP contribution in [0.2, 0.25) is 5.02 Å². The predicted molar refractivity (Wildman–Crippen MR) is 111 cm³/mol. The van der Waals surface area contributed by atoms with Crippen molar-refractivity contribution in [3.05, 3.63) is 71.8 Å². The maximum Gasteiger partial charge on any atom is 0.326 e. The number of methoxy groups -OCH3 is 1. The van der Waals surface area contributed by atoms with Gasteiger partial charge in [0.2, 0.25) is 0 Å². The average molecular weight is 410 g/mol. The summed E-state index contributed by atoms with van der Waals surface area (Å²) in [4.78, 5) is 22.0. The number of aromatic nitrogens is 2. The normalized spacial score (nSPS) is 18.6. The summed E-state index contributed by atoms with van der Waals surface area (Å²) < 4.78 is 5.60. The summed E-state index contributed by atoms with van der Waals surface area (Å²) in [5.41, 5.74) is 3.38. The molecule has 0 unspecified atom stereocenters. The second-order valence-electron chi connectivity index (χ2n) is 6.89. The zero-order valence-electron chi connectivity index (χ0n) is 15.8. The summed E-state index contributed by atoms with van der Waals surface area (Å²) in [6, 6.07) is 12.5. The summed E-state index contributed by atoms with van der Waals surface area (Å²) in [6.45, 7) is 0. The molecule has 1 aliphatic rings. The van der Waals surface area contributed by atoms with Crippen LogP contribution in [0.4, 0.5) is 5.69 Å². The number of nitrogens with zero attached hydrogens (tertiary/aromatic N) is 3. The van der Waals surface area contributed by atoms with Gasteiger partial charge in [0.05, 0.1) is 13.2 Å². The van der Waals surface area contributed by atoms with Gasteiger partial charge in [-0.1, -0.05) is 29.8 Å². The minimum Gasteiger partial charge on any atom is -0.496 e. The lowest BCUT2D eigenvalue weighted by Crippen LogP contribution is -2.37. The van der Waals surface area contributed by atoms with Crippen LogP contribution in [0.5, 0.6) is 5.75 Å². The Morgan fingerprint density at radius 1 is 1.17 bits per heavy atom. The van der Waals surface area contributed by atoms with Gasteiger partial charge in [0, 0.05) is 40.3 Å². The fourth-order valence-electron chi connectivity index (χ4n) is 3.98. The molecule has 2 aromatic carbocycles. The first-order valence-electron chi connectivity index (χ1n) is 9.29. The van der Waals surface area contributed by atoms with Crippen molar-refractivity contribution in [2.45, 2.75) is 24.9 Å². The predicted octanol–water partition coefficient (Wildman–Crippen LogP) is 4.60. The molecule has 0 saturated carbocycles. The van der Waals surface area contributed by atoms with Crippen LogP contribution in [-0.2, 0) is 4.79 Å². The molecule has 3 aromatic rings. The number of benzene rings is 2. The van der Waals surface area contributed by atoms with Crippen molar-refractivity contribution in [3.8, 4) is 16.9 Å². The second kappa shape index (κ2) is 8.09. The Hall–Kier alpha value is -3.12. The lowest BCUT2D eigenvalue weighted by molar-refractivity contribution is -0.138. The lowest BCUT2D eigenvalue weighted by atomic mass is 10.0. The molecule has 0 amide bonds. The number of hydrogen-bond acceptors (Lipinski definition) is 5. The van der Waals surface area contributed by atoms with Crippen LogP contribution in [-0.4, -0.2) is 34.2 Å². The number of carboxylic acid groups (broad SMARTS) is 1. The molecule has 1 fully saturated rings. The monoisotopic (exact) mass is 409 g/mol. The highest BCUT2D eigenvalue weighted by atomic mass is 35.5. The zero-order chi connectivity index (χ0) is 20.4. The molecule has 1 saturated heterocycles. The molecule has 1 N–H and O–H groups in total. The van der Waals surface area contributed by atoms with E-state index in [-0.39, 0.29) is 6.04 Å². The van der Waals surface area contributed by atoms with Crippen LogP contribution < -0.4 is 9.64 Å². The lowest BCUT2D eigenvalue weighted by Gasteiger charge is -2.31. The Labute approximate surface area is 173 Å². The summed E-state index contributed by atoms with van der Waals surface area (Å²) in [5, 5.41) is 10.5. The Morgan fingerprint density at radius 3 is 2.62 bits per heavy atom.